The van der Waals surface area contributed by atoms with Crippen LogP contribution in [-0.4, -0.2) is 29.7 Å². The van der Waals surface area contributed by atoms with E-state index in [-0.39, 0.29) is 18.0 Å². The van der Waals surface area contributed by atoms with Gasteiger partial charge in [0, 0.05) is 6.07 Å². The Bertz CT molecular complexity index is 500. The number of phenols is 1. The van der Waals surface area contributed by atoms with Gasteiger partial charge < -0.3 is 19.3 Å². The Morgan fingerprint density at radius 1 is 1.32 bits per heavy atom. The molecule has 3 rings (SSSR count). The van der Waals surface area contributed by atoms with Gasteiger partial charge in [-0.15, -0.1) is 0 Å². The summed E-state index contributed by atoms with van der Waals surface area (Å²) in [5.41, 5.74) is 0.827. The molecule has 5 heteroatoms. The van der Waals surface area contributed by atoms with Crippen molar-refractivity contribution in [3.63, 3.8) is 0 Å². The first kappa shape index (κ1) is 12.7. The lowest BCUT2D eigenvalue weighted by Crippen LogP contribution is -2.37. The fraction of sp³-hybridized carbons (Fsp3) is 0.571. The molecule has 1 N–H and O–H groups in total. The second-order valence-corrected chi connectivity index (χ2v) is 5.47. The van der Waals surface area contributed by atoms with E-state index in [0.717, 1.165) is 18.4 Å². The van der Waals surface area contributed by atoms with Gasteiger partial charge in [-0.2, -0.15) is 0 Å². The summed E-state index contributed by atoms with van der Waals surface area (Å²) in [5, 5.41) is 9.35. The summed E-state index contributed by atoms with van der Waals surface area (Å²) in [4.78, 5) is 0. The molecule has 2 atom stereocenters. The van der Waals surface area contributed by atoms with E-state index in [1.807, 2.05) is 13.8 Å². The maximum atomic E-state index is 13.3. The molecule has 0 saturated carbocycles. The third kappa shape index (κ3) is 2.40. The predicted molar refractivity (Wildman–Crippen MR) is 65.7 cm³/mol. The van der Waals surface area contributed by atoms with Crippen molar-refractivity contribution in [3.8, 4) is 11.5 Å². The monoisotopic (exact) mass is 268 g/mol. The molecular formula is C14H17FO4. The van der Waals surface area contributed by atoms with Crippen LogP contribution in [0.2, 0.25) is 0 Å². The Morgan fingerprint density at radius 2 is 2.11 bits per heavy atom. The molecular weight excluding hydrogens is 251 g/mol. The molecule has 0 aromatic heterocycles. The quantitative estimate of drug-likeness (QED) is 0.849. The summed E-state index contributed by atoms with van der Waals surface area (Å²) in [6, 6.07) is 2.66. The van der Waals surface area contributed by atoms with Crippen molar-refractivity contribution in [2.45, 2.75) is 44.7 Å². The van der Waals surface area contributed by atoms with Gasteiger partial charge in [-0.1, -0.05) is 0 Å². The summed E-state index contributed by atoms with van der Waals surface area (Å²) in [6.45, 7) is 4.20. The third-order valence-corrected chi connectivity index (χ3v) is 3.55. The highest BCUT2D eigenvalue weighted by Gasteiger charge is 2.39. The molecule has 0 radical (unpaired) electrons. The van der Waals surface area contributed by atoms with E-state index >= 15 is 0 Å². The summed E-state index contributed by atoms with van der Waals surface area (Å²) < 4.78 is 30.4. The van der Waals surface area contributed by atoms with Crippen LogP contribution in [0.4, 0.5) is 4.39 Å². The zero-order valence-corrected chi connectivity index (χ0v) is 11.0. The van der Waals surface area contributed by atoms with Crippen LogP contribution >= 0.6 is 0 Å². The highest BCUT2D eigenvalue weighted by molar-refractivity contribution is 5.42. The highest BCUT2D eigenvalue weighted by atomic mass is 19.1. The Morgan fingerprint density at radius 3 is 2.79 bits per heavy atom. The smallest absolute Gasteiger partial charge is 0.168 e. The van der Waals surface area contributed by atoms with Gasteiger partial charge in [0.2, 0.25) is 0 Å². The standard InChI is InChI=1S/C14H17FO4/c1-14(2)17-7-13(19-14)11-4-3-8-5-10(16)9(15)6-12(8)18-11/h5-6,11,13,16H,3-4,7H2,1-2H3/t11-,13+/m1/s1. The van der Waals surface area contributed by atoms with Crippen molar-refractivity contribution in [2.75, 3.05) is 6.61 Å². The molecule has 1 aromatic carbocycles. The SMILES string of the molecule is CC1(C)OC[C@@H]([C@H]2CCc3cc(O)c(F)cc3O2)O1. The maximum absolute atomic E-state index is 13.3. The van der Waals surface area contributed by atoms with Crippen LogP contribution in [0.5, 0.6) is 11.5 Å². The number of rotatable bonds is 1. The maximum Gasteiger partial charge on any atom is 0.168 e. The molecule has 0 amide bonds. The van der Waals surface area contributed by atoms with Crippen molar-refractivity contribution in [2.24, 2.45) is 0 Å². The van der Waals surface area contributed by atoms with Gasteiger partial charge >= 0.3 is 0 Å². The number of benzene rings is 1. The van der Waals surface area contributed by atoms with E-state index in [1.54, 1.807) is 0 Å². The first-order valence-corrected chi connectivity index (χ1v) is 6.44. The van der Waals surface area contributed by atoms with Gasteiger partial charge in [-0.25, -0.2) is 4.39 Å². The van der Waals surface area contributed by atoms with Crippen molar-refractivity contribution < 1.29 is 23.7 Å². The summed E-state index contributed by atoms with van der Waals surface area (Å²) >= 11 is 0. The average Bonchev–Trinajstić information content (AvgIpc) is 2.71. The van der Waals surface area contributed by atoms with E-state index in [9.17, 15) is 9.50 Å². The Hall–Kier alpha value is -1.33. The molecule has 0 aliphatic carbocycles. The molecule has 104 valence electrons. The molecule has 1 fully saturated rings. The molecule has 2 heterocycles. The van der Waals surface area contributed by atoms with Crippen molar-refractivity contribution in [1.29, 1.82) is 0 Å². The van der Waals surface area contributed by atoms with E-state index < -0.39 is 11.6 Å². The van der Waals surface area contributed by atoms with Crippen molar-refractivity contribution in [1.82, 2.24) is 0 Å². The zero-order chi connectivity index (χ0) is 13.6. The average molecular weight is 268 g/mol. The Balaban J connectivity index is 1.77. The Kier molecular flexibility index (Phi) is 2.91. The summed E-state index contributed by atoms with van der Waals surface area (Å²) in [6.07, 6.45) is 1.22. The first-order valence-electron chi connectivity index (χ1n) is 6.44. The van der Waals surface area contributed by atoms with Gasteiger partial charge in [0.25, 0.3) is 0 Å². The number of halogens is 1. The molecule has 2 aliphatic heterocycles. The number of hydrogen-bond acceptors (Lipinski definition) is 4. The Labute approximate surface area is 111 Å². The number of aromatic hydroxyl groups is 1. The van der Waals surface area contributed by atoms with E-state index in [2.05, 4.69) is 0 Å². The first-order chi connectivity index (χ1) is 8.94. The second-order valence-electron chi connectivity index (χ2n) is 5.47. The van der Waals surface area contributed by atoms with Crippen LogP contribution in [0.3, 0.4) is 0 Å². The molecule has 0 unspecified atom stereocenters. The minimum absolute atomic E-state index is 0.139. The molecule has 1 aromatic rings. The largest absolute Gasteiger partial charge is 0.505 e. The van der Waals surface area contributed by atoms with Crippen LogP contribution in [0.15, 0.2) is 12.1 Å². The van der Waals surface area contributed by atoms with Crippen molar-refractivity contribution in [3.05, 3.63) is 23.5 Å². The fourth-order valence-corrected chi connectivity index (χ4v) is 2.57. The zero-order valence-electron chi connectivity index (χ0n) is 11.0. The van der Waals surface area contributed by atoms with Crippen LogP contribution in [0.25, 0.3) is 0 Å². The molecule has 0 spiro atoms. The lowest BCUT2D eigenvalue weighted by molar-refractivity contribution is -0.149. The molecule has 1 saturated heterocycles. The molecule has 2 aliphatic rings. The van der Waals surface area contributed by atoms with E-state index in [0.29, 0.717) is 12.4 Å². The fourth-order valence-electron chi connectivity index (χ4n) is 2.57. The van der Waals surface area contributed by atoms with Gasteiger partial charge in [0.15, 0.2) is 17.4 Å². The van der Waals surface area contributed by atoms with Crippen molar-refractivity contribution >= 4 is 0 Å². The summed E-state index contributed by atoms with van der Waals surface area (Å²) in [7, 11) is 0. The second kappa shape index (κ2) is 4.35. The van der Waals surface area contributed by atoms with Crippen LogP contribution in [0.1, 0.15) is 25.8 Å². The third-order valence-electron chi connectivity index (χ3n) is 3.55. The lowest BCUT2D eigenvalue weighted by Gasteiger charge is -2.30. The number of hydrogen-bond donors (Lipinski definition) is 1. The number of aryl methyl sites for hydroxylation is 1. The molecule has 19 heavy (non-hydrogen) atoms. The molecule has 4 nitrogen and oxygen atoms in total. The predicted octanol–water partition coefficient (Wildman–Crippen LogP) is 2.38. The van der Waals surface area contributed by atoms with Gasteiger partial charge in [-0.05, 0) is 38.3 Å². The molecule has 0 bridgehead atoms. The van der Waals surface area contributed by atoms with Crippen LogP contribution in [0, 0.1) is 5.82 Å². The van der Waals surface area contributed by atoms with Crippen LogP contribution in [-0.2, 0) is 15.9 Å². The summed E-state index contributed by atoms with van der Waals surface area (Å²) in [5.74, 6) is -1.10. The topological polar surface area (TPSA) is 47.9 Å². The van der Waals surface area contributed by atoms with E-state index in [4.69, 9.17) is 14.2 Å². The van der Waals surface area contributed by atoms with Gasteiger partial charge in [0.1, 0.15) is 18.0 Å². The minimum Gasteiger partial charge on any atom is -0.505 e. The number of ether oxygens (including phenoxy) is 3. The normalized spacial score (nSPS) is 28.8. The number of fused-ring (bicyclic) bond motifs is 1. The van der Waals surface area contributed by atoms with Gasteiger partial charge in [0.05, 0.1) is 6.61 Å². The van der Waals surface area contributed by atoms with E-state index in [1.165, 1.54) is 12.1 Å². The van der Waals surface area contributed by atoms with Crippen LogP contribution < -0.4 is 4.74 Å². The minimum atomic E-state index is -0.664. The lowest BCUT2D eigenvalue weighted by atomic mass is 9.99. The van der Waals surface area contributed by atoms with Gasteiger partial charge in [-0.3, -0.25) is 0 Å². The highest BCUT2D eigenvalue weighted by Crippen LogP contribution is 2.36. The number of phenolic OH excluding ortho intramolecular Hbond substituents is 1.